The Morgan fingerprint density at radius 2 is 2.25 bits per heavy atom. The Morgan fingerprint density at radius 1 is 1.56 bits per heavy atom. The summed E-state index contributed by atoms with van der Waals surface area (Å²) in [5, 5.41) is 9.59. The third kappa shape index (κ3) is 2.75. The van der Waals surface area contributed by atoms with Crippen LogP contribution in [0, 0.1) is 0 Å². The molecule has 0 saturated heterocycles. The summed E-state index contributed by atoms with van der Waals surface area (Å²) < 4.78 is 9.08. The molecular weight excluding hydrogens is 234 g/mol. The van der Waals surface area contributed by atoms with E-state index in [4.69, 9.17) is 4.74 Å². The van der Waals surface area contributed by atoms with Gasteiger partial charge in [0.15, 0.2) is 0 Å². The summed E-state index contributed by atoms with van der Waals surface area (Å²) in [7, 11) is 1.18. The number of ether oxygens (including phenoxy) is 2. The summed E-state index contributed by atoms with van der Waals surface area (Å²) in [5.74, 6) is -0.622. The fourth-order valence-electron chi connectivity index (χ4n) is 1.03. The van der Waals surface area contributed by atoms with Crippen molar-refractivity contribution in [3.8, 4) is 0 Å². The molecule has 1 aliphatic rings. The second-order valence-electron chi connectivity index (χ2n) is 2.72. The monoisotopic (exact) mass is 245 g/mol. The van der Waals surface area contributed by atoms with Gasteiger partial charge in [0.2, 0.25) is 0 Å². The molecule has 0 spiro atoms. The highest BCUT2D eigenvalue weighted by Gasteiger charge is 2.29. The Morgan fingerprint density at radius 3 is 2.81 bits per heavy atom. The first kappa shape index (κ1) is 12.6. The number of amides is 1. The highest BCUT2D eigenvalue weighted by atomic mass is 32.2. The lowest BCUT2D eigenvalue weighted by Crippen LogP contribution is -2.14. The van der Waals surface area contributed by atoms with Gasteiger partial charge in [-0.15, -0.1) is 0 Å². The van der Waals surface area contributed by atoms with E-state index < -0.39 is 12.1 Å². The van der Waals surface area contributed by atoms with Gasteiger partial charge < -0.3 is 14.6 Å². The number of nitrogens with zero attached hydrogens (tertiary/aromatic N) is 1. The van der Waals surface area contributed by atoms with Crippen molar-refractivity contribution in [3.63, 3.8) is 0 Å². The first-order valence-corrected chi connectivity index (χ1v) is 5.47. The smallest absolute Gasteiger partial charge is 0.434 e. The molecular formula is C9H11NO5S. The fourth-order valence-corrected chi connectivity index (χ4v) is 1.93. The van der Waals surface area contributed by atoms with Gasteiger partial charge in [-0.3, -0.25) is 0 Å². The number of aliphatic imine (C=N–C) groups is 1. The molecule has 1 amide bonds. The third-order valence-corrected chi connectivity index (χ3v) is 2.68. The van der Waals surface area contributed by atoms with E-state index in [-0.39, 0.29) is 28.7 Å². The van der Waals surface area contributed by atoms with Crippen LogP contribution < -0.4 is 0 Å². The molecule has 0 unspecified atom stereocenters. The van der Waals surface area contributed by atoms with Gasteiger partial charge in [-0.25, -0.2) is 9.59 Å². The Balaban J connectivity index is 2.93. The van der Waals surface area contributed by atoms with E-state index in [1.54, 1.807) is 6.92 Å². The molecule has 1 aliphatic heterocycles. The van der Waals surface area contributed by atoms with E-state index >= 15 is 0 Å². The minimum Gasteiger partial charge on any atom is -0.510 e. The Labute approximate surface area is 96.3 Å². The van der Waals surface area contributed by atoms with Crippen LogP contribution in [0.4, 0.5) is 4.79 Å². The summed E-state index contributed by atoms with van der Waals surface area (Å²) in [6.07, 6.45) is -0.820. The zero-order valence-electron chi connectivity index (χ0n) is 8.85. The molecule has 0 bridgehead atoms. The standard InChI is InChI=1S/C9H11NO5S/c1-3-15-8(12)6-5(11)4-16-7(6)10-9(13)14-2/h11H,3-4H2,1-2H3. The number of methoxy groups -OCH3 is 1. The lowest BCUT2D eigenvalue weighted by Gasteiger charge is -2.03. The number of thioether (sulfide) groups is 1. The minimum atomic E-state index is -0.820. The van der Waals surface area contributed by atoms with Crippen molar-refractivity contribution in [3.05, 3.63) is 11.3 Å². The van der Waals surface area contributed by atoms with Crippen LogP contribution in [0.15, 0.2) is 16.3 Å². The minimum absolute atomic E-state index is 0.0581. The topological polar surface area (TPSA) is 85.2 Å². The number of carbonyl (C=O) groups excluding carboxylic acids is 2. The molecule has 0 aromatic heterocycles. The van der Waals surface area contributed by atoms with E-state index in [1.807, 2.05) is 0 Å². The maximum Gasteiger partial charge on any atom is 0.434 e. The lowest BCUT2D eigenvalue weighted by atomic mass is 10.2. The van der Waals surface area contributed by atoms with E-state index in [0.29, 0.717) is 0 Å². The van der Waals surface area contributed by atoms with Gasteiger partial charge in [0.1, 0.15) is 16.4 Å². The van der Waals surface area contributed by atoms with Gasteiger partial charge in [0.05, 0.1) is 19.5 Å². The van der Waals surface area contributed by atoms with E-state index in [1.165, 1.54) is 7.11 Å². The average molecular weight is 245 g/mol. The molecule has 0 aromatic rings. The third-order valence-electron chi connectivity index (χ3n) is 1.70. The molecule has 0 saturated carbocycles. The molecule has 0 atom stereocenters. The lowest BCUT2D eigenvalue weighted by molar-refractivity contribution is -0.138. The van der Waals surface area contributed by atoms with Crippen molar-refractivity contribution >= 4 is 28.9 Å². The Hall–Kier alpha value is -1.50. The number of rotatable bonds is 2. The first-order chi connectivity index (χ1) is 7.60. The zero-order valence-corrected chi connectivity index (χ0v) is 9.67. The fraction of sp³-hybridized carbons (Fsp3) is 0.444. The molecule has 16 heavy (non-hydrogen) atoms. The van der Waals surface area contributed by atoms with E-state index in [9.17, 15) is 14.7 Å². The zero-order chi connectivity index (χ0) is 12.1. The number of hydrogen-bond donors (Lipinski definition) is 1. The molecule has 1 heterocycles. The summed E-state index contributed by atoms with van der Waals surface area (Å²) in [4.78, 5) is 25.9. The molecule has 1 rings (SSSR count). The number of esters is 1. The van der Waals surface area contributed by atoms with Crippen molar-refractivity contribution in [1.82, 2.24) is 0 Å². The van der Waals surface area contributed by atoms with Gasteiger partial charge in [0.25, 0.3) is 0 Å². The Bertz CT molecular complexity index is 374. The molecule has 0 aliphatic carbocycles. The second-order valence-corrected chi connectivity index (χ2v) is 3.68. The second kappa shape index (κ2) is 5.55. The average Bonchev–Trinajstić information content (AvgIpc) is 2.60. The van der Waals surface area contributed by atoms with Crippen molar-refractivity contribution < 1.29 is 24.2 Å². The predicted molar refractivity (Wildman–Crippen MR) is 58.6 cm³/mol. The van der Waals surface area contributed by atoms with Crippen LogP contribution in [-0.4, -0.2) is 41.7 Å². The summed E-state index contributed by atoms with van der Waals surface area (Å²) in [6.45, 7) is 1.83. The van der Waals surface area contributed by atoms with Crippen LogP contribution in [0.3, 0.4) is 0 Å². The molecule has 88 valence electrons. The Kier molecular flexibility index (Phi) is 4.36. The van der Waals surface area contributed by atoms with Gasteiger partial charge in [-0.1, -0.05) is 11.8 Å². The molecule has 0 radical (unpaired) electrons. The van der Waals surface area contributed by atoms with Crippen molar-refractivity contribution in [2.45, 2.75) is 6.92 Å². The maximum absolute atomic E-state index is 11.4. The largest absolute Gasteiger partial charge is 0.510 e. The van der Waals surface area contributed by atoms with Gasteiger partial charge in [-0.05, 0) is 6.92 Å². The number of aliphatic hydroxyl groups is 1. The van der Waals surface area contributed by atoms with Crippen molar-refractivity contribution in [2.75, 3.05) is 19.5 Å². The SMILES string of the molecule is CCOC(=O)C1=C(O)CSC1=NC(=O)OC. The van der Waals surface area contributed by atoms with Crippen LogP contribution in [0.2, 0.25) is 0 Å². The van der Waals surface area contributed by atoms with E-state index in [0.717, 1.165) is 11.8 Å². The molecule has 0 aromatic carbocycles. The summed E-state index contributed by atoms with van der Waals surface area (Å²) in [6, 6.07) is 0. The number of hydrogen-bond acceptors (Lipinski definition) is 6. The van der Waals surface area contributed by atoms with Crippen LogP contribution in [0.25, 0.3) is 0 Å². The van der Waals surface area contributed by atoms with Crippen molar-refractivity contribution in [2.24, 2.45) is 4.99 Å². The van der Waals surface area contributed by atoms with Gasteiger partial charge in [0, 0.05) is 0 Å². The van der Waals surface area contributed by atoms with Crippen molar-refractivity contribution in [1.29, 1.82) is 0 Å². The van der Waals surface area contributed by atoms with Crippen LogP contribution in [0.5, 0.6) is 0 Å². The van der Waals surface area contributed by atoms with Crippen LogP contribution >= 0.6 is 11.8 Å². The normalized spacial score (nSPS) is 17.8. The highest BCUT2D eigenvalue weighted by molar-refractivity contribution is 8.15. The van der Waals surface area contributed by atoms with Gasteiger partial charge >= 0.3 is 12.1 Å². The first-order valence-electron chi connectivity index (χ1n) is 4.49. The molecule has 6 nitrogen and oxygen atoms in total. The summed E-state index contributed by atoms with van der Waals surface area (Å²) in [5.41, 5.74) is -0.0581. The van der Waals surface area contributed by atoms with Gasteiger partial charge in [-0.2, -0.15) is 4.99 Å². The number of carbonyl (C=O) groups is 2. The quantitative estimate of drug-likeness (QED) is 0.737. The van der Waals surface area contributed by atoms with Crippen LogP contribution in [-0.2, 0) is 14.3 Å². The summed E-state index contributed by atoms with van der Waals surface area (Å²) >= 11 is 1.08. The molecule has 7 heteroatoms. The predicted octanol–water partition coefficient (Wildman–Crippen LogP) is 1.27. The molecule has 1 N–H and O–H groups in total. The maximum atomic E-state index is 11.4. The molecule has 0 fully saturated rings. The van der Waals surface area contributed by atoms with Crippen LogP contribution in [0.1, 0.15) is 6.92 Å². The highest BCUT2D eigenvalue weighted by Crippen LogP contribution is 2.27. The number of aliphatic hydroxyl groups excluding tert-OH is 1. The van der Waals surface area contributed by atoms with E-state index in [2.05, 4.69) is 9.73 Å².